The van der Waals surface area contributed by atoms with Crippen molar-refractivity contribution >= 4 is 29.1 Å². The molecule has 10 N–H and O–H groups in total. The monoisotopic (exact) mass is 530 g/mol. The number of hydrogen-bond donors (Lipinski definition) is 8. The largest absolute Gasteiger partial charge is 0.510 e. The predicted molar refractivity (Wildman–Crippen MR) is 128 cm³/mol. The van der Waals surface area contributed by atoms with E-state index in [1.807, 2.05) is 0 Å². The standard InChI is InChI=1S/C25H27FN4O8/c26-12-6-13(30-14(31)7-29-9-2-1-3-9)19(32)16-10(12)4-8-5-11-18(27)21(34)17(24(28)37)23(36)25(11,38)22(35)15(8)20(16)33/h6,8-9,11,18,29,32,34-35,38H,1-5,7,27H2,(H2,28,37)(H,30,31)/t8-,11-,18-,25-/m0/s1. The van der Waals surface area contributed by atoms with Crippen molar-refractivity contribution in [3.05, 3.63) is 45.7 Å². The van der Waals surface area contributed by atoms with Crippen LogP contribution in [0.5, 0.6) is 5.75 Å². The molecule has 0 spiro atoms. The molecule has 0 aromatic heterocycles. The number of halogens is 1. The lowest BCUT2D eigenvalue weighted by Crippen LogP contribution is -2.63. The van der Waals surface area contributed by atoms with E-state index in [1.165, 1.54) is 0 Å². The number of anilines is 1. The van der Waals surface area contributed by atoms with Gasteiger partial charge in [-0.1, -0.05) is 6.42 Å². The van der Waals surface area contributed by atoms with Crippen molar-refractivity contribution < 1.29 is 44.0 Å². The number of aliphatic hydroxyl groups is 3. The molecule has 0 saturated heterocycles. The molecule has 13 heteroatoms. The summed E-state index contributed by atoms with van der Waals surface area (Å²) in [6.45, 7) is -0.0931. The number of fused-ring (bicyclic) bond motifs is 3. The van der Waals surface area contributed by atoms with Gasteiger partial charge < -0.3 is 42.5 Å². The van der Waals surface area contributed by atoms with Gasteiger partial charge in [0.2, 0.25) is 11.7 Å². The summed E-state index contributed by atoms with van der Waals surface area (Å²) in [5, 5.41) is 49.0. The number of rotatable bonds is 5. The Morgan fingerprint density at radius 2 is 1.87 bits per heavy atom. The van der Waals surface area contributed by atoms with Gasteiger partial charge >= 0.3 is 0 Å². The van der Waals surface area contributed by atoms with Gasteiger partial charge in [-0.25, -0.2) is 4.39 Å². The third kappa shape index (κ3) is 3.61. The number of allylic oxidation sites excluding steroid dienone is 1. The molecule has 5 rings (SSSR count). The molecule has 0 aliphatic heterocycles. The molecule has 2 amide bonds. The minimum Gasteiger partial charge on any atom is -0.510 e. The number of nitrogens with one attached hydrogen (secondary N) is 2. The second kappa shape index (κ2) is 8.89. The first-order valence-corrected chi connectivity index (χ1v) is 12.2. The van der Waals surface area contributed by atoms with E-state index in [9.17, 15) is 39.6 Å². The number of hydrogen-bond acceptors (Lipinski definition) is 10. The van der Waals surface area contributed by atoms with Crippen LogP contribution in [0, 0.1) is 17.7 Å². The Balaban J connectivity index is 1.54. The second-order valence-corrected chi connectivity index (χ2v) is 10.2. The van der Waals surface area contributed by atoms with E-state index in [-0.39, 0.29) is 36.7 Å². The van der Waals surface area contributed by atoms with E-state index >= 15 is 4.39 Å². The lowest BCUT2D eigenvalue weighted by Gasteiger charge is -2.47. The summed E-state index contributed by atoms with van der Waals surface area (Å²) in [5.41, 5.74) is 5.77. The van der Waals surface area contributed by atoms with Gasteiger partial charge in [-0.2, -0.15) is 0 Å². The third-order valence-electron chi connectivity index (χ3n) is 8.13. The second-order valence-electron chi connectivity index (χ2n) is 10.2. The van der Waals surface area contributed by atoms with E-state index < -0.39 is 86.7 Å². The highest BCUT2D eigenvalue weighted by Crippen LogP contribution is 2.52. The average Bonchev–Trinajstić information content (AvgIpc) is 2.81. The minimum absolute atomic E-state index is 0.0931. The fourth-order valence-electron chi connectivity index (χ4n) is 5.88. The van der Waals surface area contributed by atoms with Gasteiger partial charge in [0.15, 0.2) is 17.1 Å². The van der Waals surface area contributed by atoms with Gasteiger partial charge in [-0.15, -0.1) is 0 Å². The molecular weight excluding hydrogens is 503 g/mol. The van der Waals surface area contributed by atoms with Crippen molar-refractivity contribution in [1.29, 1.82) is 0 Å². The molecule has 12 nitrogen and oxygen atoms in total. The van der Waals surface area contributed by atoms with Crippen LogP contribution in [-0.4, -0.2) is 68.0 Å². The van der Waals surface area contributed by atoms with Crippen LogP contribution in [0.25, 0.3) is 0 Å². The van der Waals surface area contributed by atoms with Crippen LogP contribution in [0.2, 0.25) is 0 Å². The number of primary amides is 1. The fraction of sp³-hybridized carbons (Fsp3) is 0.440. The Labute approximate surface area is 215 Å². The lowest BCUT2D eigenvalue weighted by atomic mass is 9.59. The van der Waals surface area contributed by atoms with Crippen molar-refractivity contribution in [2.75, 3.05) is 11.9 Å². The summed E-state index contributed by atoms with van der Waals surface area (Å²) in [6.07, 6.45) is 2.44. The van der Waals surface area contributed by atoms with Crippen LogP contribution in [0.1, 0.15) is 41.6 Å². The first kappa shape index (κ1) is 25.8. The normalized spacial score (nSPS) is 28.9. The molecule has 0 bridgehead atoms. The zero-order valence-electron chi connectivity index (χ0n) is 20.1. The fourth-order valence-corrected chi connectivity index (χ4v) is 5.88. The van der Waals surface area contributed by atoms with Crippen molar-refractivity contribution in [3.8, 4) is 5.75 Å². The number of benzene rings is 1. The highest BCUT2D eigenvalue weighted by molar-refractivity contribution is 6.25. The van der Waals surface area contributed by atoms with Crippen LogP contribution < -0.4 is 22.1 Å². The number of ketones is 2. The summed E-state index contributed by atoms with van der Waals surface area (Å²) < 4.78 is 15.2. The number of phenolic OH excluding ortho intramolecular Hbond substituents is 1. The van der Waals surface area contributed by atoms with Gasteiger partial charge in [0.05, 0.1) is 23.8 Å². The number of aliphatic hydroxyl groups excluding tert-OH is 2. The average molecular weight is 531 g/mol. The van der Waals surface area contributed by atoms with Gasteiger partial charge in [-0.3, -0.25) is 19.2 Å². The molecule has 1 fully saturated rings. The maximum atomic E-state index is 15.2. The molecule has 0 heterocycles. The van der Waals surface area contributed by atoms with Crippen molar-refractivity contribution in [1.82, 2.24) is 5.32 Å². The first-order chi connectivity index (χ1) is 17.9. The number of aromatic hydroxyl groups is 1. The van der Waals surface area contributed by atoms with E-state index in [0.29, 0.717) is 0 Å². The van der Waals surface area contributed by atoms with E-state index in [2.05, 4.69) is 10.6 Å². The van der Waals surface area contributed by atoms with E-state index in [0.717, 1.165) is 25.3 Å². The summed E-state index contributed by atoms with van der Waals surface area (Å²) in [4.78, 5) is 50.7. The quantitative estimate of drug-likeness (QED) is 0.184. The number of Topliss-reactive ketones (excluding diaryl/α,β-unsaturated/α-hetero) is 2. The van der Waals surface area contributed by atoms with Crippen molar-refractivity contribution in [2.45, 2.75) is 49.8 Å². The zero-order valence-corrected chi connectivity index (χ0v) is 20.1. The molecule has 38 heavy (non-hydrogen) atoms. The molecule has 4 aliphatic carbocycles. The predicted octanol–water partition coefficient (Wildman–Crippen LogP) is -0.263. The molecule has 202 valence electrons. The topological polar surface area (TPSA) is 225 Å². The number of nitrogens with two attached hydrogens (primary N) is 2. The molecule has 1 aromatic carbocycles. The minimum atomic E-state index is -2.86. The lowest BCUT2D eigenvalue weighted by molar-refractivity contribution is -0.145. The van der Waals surface area contributed by atoms with E-state index in [1.54, 1.807) is 0 Å². The number of carbonyl (C=O) groups excluding carboxylic acids is 4. The van der Waals surface area contributed by atoms with Crippen LogP contribution in [0.3, 0.4) is 0 Å². The van der Waals surface area contributed by atoms with Gasteiger partial charge in [0.25, 0.3) is 5.91 Å². The summed E-state index contributed by atoms with van der Waals surface area (Å²) >= 11 is 0. The number of phenols is 1. The van der Waals surface area contributed by atoms with Gasteiger partial charge in [-0.05, 0) is 31.6 Å². The summed E-state index contributed by atoms with van der Waals surface area (Å²) in [5.74, 6) is -10.4. The Kier molecular flexibility index (Phi) is 6.04. The van der Waals surface area contributed by atoms with Gasteiger partial charge in [0, 0.05) is 29.2 Å². The Morgan fingerprint density at radius 3 is 2.47 bits per heavy atom. The summed E-state index contributed by atoms with van der Waals surface area (Å²) in [7, 11) is 0. The highest BCUT2D eigenvalue weighted by Gasteiger charge is 2.62. The molecule has 4 atom stereocenters. The summed E-state index contributed by atoms with van der Waals surface area (Å²) in [6, 6.07) is -0.406. The molecule has 1 aromatic rings. The molecule has 4 aliphatic rings. The number of amides is 2. The molecular formula is C25H27FN4O8. The van der Waals surface area contributed by atoms with Gasteiger partial charge in [0.1, 0.15) is 22.9 Å². The molecule has 0 radical (unpaired) electrons. The SMILES string of the molecule is NC(=O)C1=C(O)[C@@H](N)[C@@H]2C[C@@H]3Cc4c(F)cc(NC(=O)CNC5CCC5)c(O)c4C(=O)C3=C(O)[C@]2(O)C1=O. The Morgan fingerprint density at radius 1 is 1.18 bits per heavy atom. The van der Waals surface area contributed by atoms with Crippen LogP contribution in [0.15, 0.2) is 28.7 Å². The Bertz CT molecular complexity index is 1370. The van der Waals surface area contributed by atoms with Crippen molar-refractivity contribution in [2.24, 2.45) is 23.3 Å². The zero-order chi connectivity index (χ0) is 27.7. The third-order valence-corrected chi connectivity index (χ3v) is 8.13. The van der Waals surface area contributed by atoms with Crippen molar-refractivity contribution in [3.63, 3.8) is 0 Å². The first-order valence-electron chi connectivity index (χ1n) is 12.2. The molecule has 0 unspecified atom stereocenters. The van der Waals surface area contributed by atoms with Crippen LogP contribution >= 0.6 is 0 Å². The van der Waals surface area contributed by atoms with Crippen LogP contribution in [0.4, 0.5) is 10.1 Å². The highest BCUT2D eigenvalue weighted by atomic mass is 19.1. The molecule has 1 saturated carbocycles. The smallest absolute Gasteiger partial charge is 0.255 e. The number of carbonyl (C=O) groups is 4. The van der Waals surface area contributed by atoms with Crippen LogP contribution in [-0.2, 0) is 20.8 Å². The Hall–Kier alpha value is -3.81. The van der Waals surface area contributed by atoms with E-state index in [4.69, 9.17) is 11.5 Å². The maximum Gasteiger partial charge on any atom is 0.255 e. The maximum absolute atomic E-state index is 15.2.